The first-order valence-electron chi connectivity index (χ1n) is 8.99. The van der Waals surface area contributed by atoms with Crippen molar-refractivity contribution in [2.24, 2.45) is 0 Å². The van der Waals surface area contributed by atoms with Crippen molar-refractivity contribution in [2.75, 3.05) is 19.6 Å². The summed E-state index contributed by atoms with van der Waals surface area (Å²) in [4.78, 5) is 14.6. The highest BCUT2D eigenvalue weighted by Crippen LogP contribution is 2.12. The van der Waals surface area contributed by atoms with E-state index in [1.165, 1.54) is 17.7 Å². The van der Waals surface area contributed by atoms with Crippen LogP contribution in [-0.4, -0.2) is 36.5 Å². The molecule has 1 heterocycles. The molecule has 0 aliphatic carbocycles. The van der Waals surface area contributed by atoms with Gasteiger partial charge in [0.25, 0.3) is 0 Å². The second-order valence-electron chi connectivity index (χ2n) is 6.72. The average molecular weight is 340 g/mol. The van der Waals surface area contributed by atoms with Crippen molar-refractivity contribution in [2.45, 2.75) is 31.7 Å². The summed E-state index contributed by atoms with van der Waals surface area (Å²) in [6.07, 6.45) is 3.37. The number of hydrogen-bond acceptors (Lipinski definition) is 2. The molecule has 1 saturated heterocycles. The fraction of sp³-hybridized carbons (Fsp3) is 0.381. The molecule has 2 aromatic rings. The number of carbonyl (C=O) groups excluding carboxylic acids is 1. The highest BCUT2D eigenvalue weighted by Gasteiger charge is 2.20. The van der Waals surface area contributed by atoms with E-state index in [4.69, 9.17) is 0 Å². The van der Waals surface area contributed by atoms with Gasteiger partial charge in [0, 0.05) is 25.7 Å². The van der Waals surface area contributed by atoms with Gasteiger partial charge in [0.05, 0.1) is 6.42 Å². The third-order valence-corrected chi connectivity index (χ3v) is 4.79. The SMILES string of the molecule is O=C(Cc1ccc(F)cc1)NC1CCN(CCc2ccccc2)CC1. The zero-order valence-corrected chi connectivity index (χ0v) is 14.5. The van der Waals surface area contributed by atoms with Crippen molar-refractivity contribution in [1.29, 1.82) is 0 Å². The lowest BCUT2D eigenvalue weighted by Crippen LogP contribution is -2.45. The van der Waals surface area contributed by atoms with Crippen LogP contribution in [0.1, 0.15) is 24.0 Å². The van der Waals surface area contributed by atoms with Gasteiger partial charge in [-0.2, -0.15) is 0 Å². The van der Waals surface area contributed by atoms with E-state index >= 15 is 0 Å². The lowest BCUT2D eigenvalue weighted by atomic mass is 10.0. The van der Waals surface area contributed by atoms with Gasteiger partial charge in [0.15, 0.2) is 0 Å². The maximum absolute atomic E-state index is 12.9. The molecule has 0 atom stereocenters. The van der Waals surface area contributed by atoms with Crippen LogP contribution < -0.4 is 5.32 Å². The Balaban J connectivity index is 1.37. The van der Waals surface area contributed by atoms with Gasteiger partial charge in [-0.05, 0) is 42.5 Å². The largest absolute Gasteiger partial charge is 0.353 e. The van der Waals surface area contributed by atoms with E-state index in [1.54, 1.807) is 12.1 Å². The Labute approximate surface area is 148 Å². The summed E-state index contributed by atoms with van der Waals surface area (Å²) in [5.74, 6) is -0.249. The lowest BCUT2D eigenvalue weighted by molar-refractivity contribution is -0.121. The second-order valence-corrected chi connectivity index (χ2v) is 6.72. The highest BCUT2D eigenvalue weighted by atomic mass is 19.1. The molecule has 1 fully saturated rings. The summed E-state index contributed by atoms with van der Waals surface area (Å²) in [5.41, 5.74) is 2.22. The number of nitrogens with one attached hydrogen (secondary N) is 1. The average Bonchev–Trinajstić information content (AvgIpc) is 2.64. The normalized spacial score (nSPS) is 15.9. The van der Waals surface area contributed by atoms with Crippen LogP contribution in [0.3, 0.4) is 0 Å². The molecule has 132 valence electrons. The number of amides is 1. The fourth-order valence-electron chi connectivity index (χ4n) is 3.30. The maximum Gasteiger partial charge on any atom is 0.224 e. The van der Waals surface area contributed by atoms with Crippen LogP contribution in [0.25, 0.3) is 0 Å². The smallest absolute Gasteiger partial charge is 0.224 e. The van der Waals surface area contributed by atoms with Crippen molar-refractivity contribution < 1.29 is 9.18 Å². The van der Waals surface area contributed by atoms with Crippen LogP contribution in [0.2, 0.25) is 0 Å². The van der Waals surface area contributed by atoms with Gasteiger partial charge in [0.2, 0.25) is 5.91 Å². The molecule has 25 heavy (non-hydrogen) atoms. The predicted octanol–water partition coefficient (Wildman–Crippen LogP) is 3.19. The summed E-state index contributed by atoms with van der Waals surface area (Å²) < 4.78 is 12.9. The van der Waals surface area contributed by atoms with Gasteiger partial charge in [-0.25, -0.2) is 4.39 Å². The Hall–Kier alpha value is -2.20. The van der Waals surface area contributed by atoms with Gasteiger partial charge < -0.3 is 10.2 Å². The zero-order chi connectivity index (χ0) is 17.5. The Bertz CT molecular complexity index is 664. The highest BCUT2D eigenvalue weighted by molar-refractivity contribution is 5.78. The molecule has 1 amide bonds. The van der Waals surface area contributed by atoms with Crippen LogP contribution in [0, 0.1) is 5.82 Å². The molecule has 3 rings (SSSR count). The van der Waals surface area contributed by atoms with E-state index < -0.39 is 0 Å². The zero-order valence-electron chi connectivity index (χ0n) is 14.5. The van der Waals surface area contributed by atoms with Crippen LogP contribution in [0.5, 0.6) is 0 Å². The molecule has 1 aliphatic heterocycles. The molecule has 0 saturated carbocycles. The third-order valence-electron chi connectivity index (χ3n) is 4.79. The van der Waals surface area contributed by atoms with Crippen molar-refractivity contribution >= 4 is 5.91 Å². The Morgan fingerprint density at radius 1 is 1.00 bits per heavy atom. The molecule has 0 bridgehead atoms. The third kappa shape index (κ3) is 5.68. The van der Waals surface area contributed by atoms with E-state index in [9.17, 15) is 9.18 Å². The van der Waals surface area contributed by atoms with Crippen molar-refractivity contribution in [3.05, 3.63) is 71.5 Å². The van der Waals surface area contributed by atoms with Crippen LogP contribution >= 0.6 is 0 Å². The van der Waals surface area contributed by atoms with Crippen molar-refractivity contribution in [3.63, 3.8) is 0 Å². The van der Waals surface area contributed by atoms with Gasteiger partial charge in [-0.15, -0.1) is 0 Å². The Kier molecular flexibility index (Phi) is 6.18. The first-order chi connectivity index (χ1) is 12.2. The monoisotopic (exact) mass is 340 g/mol. The number of hydrogen-bond donors (Lipinski definition) is 1. The van der Waals surface area contributed by atoms with Crippen LogP contribution in [0.15, 0.2) is 54.6 Å². The number of halogens is 1. The topological polar surface area (TPSA) is 32.3 Å². The minimum atomic E-state index is -0.271. The van der Waals surface area contributed by atoms with Gasteiger partial charge in [-0.3, -0.25) is 4.79 Å². The number of carbonyl (C=O) groups is 1. The number of piperidine rings is 1. The van der Waals surface area contributed by atoms with Gasteiger partial charge in [-0.1, -0.05) is 42.5 Å². The molecule has 4 heteroatoms. The number of benzene rings is 2. The summed E-state index contributed by atoms with van der Waals surface area (Å²) in [6, 6.07) is 16.9. The first kappa shape index (κ1) is 17.6. The van der Waals surface area contributed by atoms with Crippen molar-refractivity contribution in [3.8, 4) is 0 Å². The van der Waals surface area contributed by atoms with E-state index in [0.717, 1.165) is 44.5 Å². The molecular weight excluding hydrogens is 315 g/mol. The minimum absolute atomic E-state index is 0.0225. The van der Waals surface area contributed by atoms with E-state index in [0.29, 0.717) is 6.42 Å². The molecule has 3 nitrogen and oxygen atoms in total. The second kappa shape index (κ2) is 8.77. The Morgan fingerprint density at radius 2 is 1.68 bits per heavy atom. The molecule has 0 aromatic heterocycles. The quantitative estimate of drug-likeness (QED) is 0.876. The summed E-state index contributed by atoms with van der Waals surface area (Å²) >= 11 is 0. The molecule has 0 radical (unpaired) electrons. The number of likely N-dealkylation sites (tertiary alicyclic amines) is 1. The molecular formula is C21H25FN2O. The van der Waals surface area contributed by atoms with Gasteiger partial charge in [0.1, 0.15) is 5.82 Å². The molecule has 0 unspecified atom stereocenters. The van der Waals surface area contributed by atoms with Gasteiger partial charge >= 0.3 is 0 Å². The summed E-state index contributed by atoms with van der Waals surface area (Å²) in [5, 5.41) is 3.12. The number of nitrogens with zero attached hydrogens (tertiary/aromatic N) is 1. The number of rotatable bonds is 6. The van der Waals surface area contributed by atoms with Crippen molar-refractivity contribution in [1.82, 2.24) is 10.2 Å². The molecule has 1 N–H and O–H groups in total. The minimum Gasteiger partial charge on any atom is -0.353 e. The fourth-order valence-corrected chi connectivity index (χ4v) is 3.30. The van der Waals surface area contributed by atoms with E-state index in [2.05, 4.69) is 34.5 Å². The van der Waals surface area contributed by atoms with E-state index in [-0.39, 0.29) is 17.8 Å². The predicted molar refractivity (Wildman–Crippen MR) is 97.9 cm³/mol. The van der Waals surface area contributed by atoms with Crippen LogP contribution in [0.4, 0.5) is 4.39 Å². The Morgan fingerprint density at radius 3 is 2.36 bits per heavy atom. The summed E-state index contributed by atoms with van der Waals surface area (Å²) in [7, 11) is 0. The first-order valence-corrected chi connectivity index (χ1v) is 8.99. The lowest BCUT2D eigenvalue weighted by Gasteiger charge is -2.32. The molecule has 0 spiro atoms. The molecule has 2 aromatic carbocycles. The van der Waals surface area contributed by atoms with Crippen LogP contribution in [-0.2, 0) is 17.6 Å². The standard InChI is InChI=1S/C21H25FN2O/c22-19-8-6-18(7-9-19)16-21(25)23-20-11-14-24(15-12-20)13-10-17-4-2-1-3-5-17/h1-9,20H,10-16H2,(H,23,25). The molecule has 1 aliphatic rings. The maximum atomic E-state index is 12.9. The summed E-state index contributed by atoms with van der Waals surface area (Å²) in [6.45, 7) is 3.11. The van der Waals surface area contributed by atoms with E-state index in [1.807, 2.05) is 6.07 Å².